The number of benzene rings is 1. The van der Waals surface area contributed by atoms with E-state index in [9.17, 15) is 0 Å². The van der Waals surface area contributed by atoms with Crippen molar-refractivity contribution in [1.29, 1.82) is 0 Å². The fourth-order valence-electron chi connectivity index (χ4n) is 1.65. The summed E-state index contributed by atoms with van der Waals surface area (Å²) in [5.41, 5.74) is 1.20. The van der Waals surface area contributed by atoms with Crippen LogP contribution in [0, 0.1) is 0 Å². The molecule has 1 rings (SSSR count). The van der Waals surface area contributed by atoms with E-state index < -0.39 is 0 Å². The van der Waals surface area contributed by atoms with Gasteiger partial charge in [0.25, 0.3) is 0 Å². The molecule has 0 unspecified atom stereocenters. The number of hydrogen-bond acceptors (Lipinski definition) is 2. The summed E-state index contributed by atoms with van der Waals surface area (Å²) >= 11 is 0. The molecule has 0 amide bonds. The van der Waals surface area contributed by atoms with Gasteiger partial charge in [-0.3, -0.25) is 0 Å². The molecular weight excluding hydrogens is 200 g/mol. The van der Waals surface area contributed by atoms with Gasteiger partial charge in [-0.25, -0.2) is 0 Å². The Labute approximate surface area is 98.3 Å². The number of aliphatic hydroxyl groups excluding tert-OH is 1. The van der Waals surface area contributed by atoms with E-state index in [4.69, 9.17) is 9.84 Å². The van der Waals surface area contributed by atoms with Crippen molar-refractivity contribution in [2.75, 3.05) is 13.2 Å². The second-order valence-corrected chi connectivity index (χ2v) is 3.99. The molecule has 1 aromatic carbocycles. The van der Waals surface area contributed by atoms with Crippen LogP contribution >= 0.6 is 0 Å². The van der Waals surface area contributed by atoms with Gasteiger partial charge in [-0.05, 0) is 30.9 Å². The van der Waals surface area contributed by atoms with Crippen LogP contribution in [-0.2, 0) is 6.42 Å². The third-order valence-corrected chi connectivity index (χ3v) is 2.58. The van der Waals surface area contributed by atoms with Crippen LogP contribution in [0.25, 0.3) is 0 Å². The first-order valence-electron chi connectivity index (χ1n) is 6.20. The summed E-state index contributed by atoms with van der Waals surface area (Å²) in [5.74, 6) is 0.979. The van der Waals surface area contributed by atoms with Gasteiger partial charge in [-0.15, -0.1) is 0 Å². The maximum absolute atomic E-state index is 8.82. The topological polar surface area (TPSA) is 29.5 Å². The second kappa shape index (κ2) is 8.17. The molecule has 0 radical (unpaired) electrons. The molecule has 0 aromatic heterocycles. The van der Waals surface area contributed by atoms with Crippen LogP contribution in [-0.4, -0.2) is 18.3 Å². The average Bonchev–Trinajstić information content (AvgIpc) is 2.33. The van der Waals surface area contributed by atoms with E-state index in [2.05, 4.69) is 13.0 Å². The zero-order valence-electron chi connectivity index (χ0n) is 10.1. The summed E-state index contributed by atoms with van der Waals surface area (Å²) < 4.78 is 5.75. The Morgan fingerprint density at radius 3 is 2.69 bits per heavy atom. The first-order valence-corrected chi connectivity index (χ1v) is 6.20. The minimum absolute atomic E-state index is 0.240. The van der Waals surface area contributed by atoms with E-state index in [-0.39, 0.29) is 6.61 Å². The van der Waals surface area contributed by atoms with E-state index >= 15 is 0 Å². The van der Waals surface area contributed by atoms with Crippen molar-refractivity contribution in [2.45, 2.75) is 39.0 Å². The number of ether oxygens (including phenoxy) is 1. The molecule has 16 heavy (non-hydrogen) atoms. The highest BCUT2D eigenvalue weighted by Crippen LogP contribution is 2.19. The Bertz CT molecular complexity index is 284. The van der Waals surface area contributed by atoms with Crippen LogP contribution in [0.5, 0.6) is 5.75 Å². The first-order chi connectivity index (χ1) is 7.88. The van der Waals surface area contributed by atoms with Crippen LogP contribution < -0.4 is 4.74 Å². The molecule has 0 fully saturated rings. The van der Waals surface area contributed by atoms with Crippen molar-refractivity contribution in [3.8, 4) is 5.75 Å². The molecular formula is C14H22O2. The van der Waals surface area contributed by atoms with Crippen molar-refractivity contribution in [3.63, 3.8) is 0 Å². The van der Waals surface area contributed by atoms with Gasteiger partial charge in [0.1, 0.15) is 5.75 Å². The highest BCUT2D eigenvalue weighted by atomic mass is 16.5. The molecule has 90 valence electrons. The zero-order valence-corrected chi connectivity index (χ0v) is 10.1. The lowest BCUT2D eigenvalue weighted by atomic mass is 10.1. The average molecular weight is 222 g/mol. The number of rotatable bonds is 8. The van der Waals surface area contributed by atoms with Gasteiger partial charge in [0.05, 0.1) is 6.61 Å². The van der Waals surface area contributed by atoms with Crippen molar-refractivity contribution in [1.82, 2.24) is 0 Å². The second-order valence-electron chi connectivity index (χ2n) is 3.99. The van der Waals surface area contributed by atoms with Crippen LogP contribution in [0.2, 0.25) is 0 Å². The third kappa shape index (κ3) is 4.67. The summed E-state index contributed by atoms with van der Waals surface area (Å²) in [6.07, 6.45) is 5.24. The summed E-state index contributed by atoms with van der Waals surface area (Å²) in [7, 11) is 0. The summed E-state index contributed by atoms with van der Waals surface area (Å²) in [5, 5.41) is 8.82. The molecule has 0 aliphatic rings. The SMILES string of the molecule is CCCCCOc1ccccc1CCCO. The molecule has 0 saturated heterocycles. The van der Waals surface area contributed by atoms with Crippen LogP contribution in [0.4, 0.5) is 0 Å². The van der Waals surface area contributed by atoms with E-state index in [1.165, 1.54) is 18.4 Å². The van der Waals surface area contributed by atoms with E-state index in [0.717, 1.165) is 31.6 Å². The molecule has 0 spiro atoms. The molecule has 0 atom stereocenters. The molecule has 0 aliphatic carbocycles. The predicted molar refractivity (Wildman–Crippen MR) is 66.9 cm³/mol. The quantitative estimate of drug-likeness (QED) is 0.684. The smallest absolute Gasteiger partial charge is 0.122 e. The van der Waals surface area contributed by atoms with E-state index in [0.29, 0.717) is 0 Å². The molecule has 2 heteroatoms. The number of unbranched alkanes of at least 4 members (excludes halogenated alkanes) is 2. The number of hydrogen-bond donors (Lipinski definition) is 1. The van der Waals surface area contributed by atoms with E-state index in [1.807, 2.05) is 18.2 Å². The number of aryl methyl sites for hydroxylation is 1. The monoisotopic (exact) mass is 222 g/mol. The predicted octanol–water partition coefficient (Wildman–Crippen LogP) is 3.18. The molecule has 0 heterocycles. The minimum Gasteiger partial charge on any atom is -0.493 e. The van der Waals surface area contributed by atoms with Gasteiger partial charge in [0.2, 0.25) is 0 Å². The lowest BCUT2D eigenvalue weighted by Gasteiger charge is -2.10. The van der Waals surface area contributed by atoms with Crippen molar-refractivity contribution in [3.05, 3.63) is 29.8 Å². The number of para-hydroxylation sites is 1. The van der Waals surface area contributed by atoms with Crippen LogP contribution in [0.3, 0.4) is 0 Å². The zero-order chi connectivity index (χ0) is 11.6. The Kier molecular flexibility index (Phi) is 6.66. The van der Waals surface area contributed by atoms with Gasteiger partial charge >= 0.3 is 0 Å². The van der Waals surface area contributed by atoms with Crippen LogP contribution in [0.1, 0.15) is 38.2 Å². The lowest BCUT2D eigenvalue weighted by molar-refractivity contribution is 0.284. The Morgan fingerprint density at radius 2 is 1.94 bits per heavy atom. The van der Waals surface area contributed by atoms with Crippen molar-refractivity contribution >= 4 is 0 Å². The van der Waals surface area contributed by atoms with Gasteiger partial charge in [-0.2, -0.15) is 0 Å². The van der Waals surface area contributed by atoms with Gasteiger partial charge in [0.15, 0.2) is 0 Å². The number of aliphatic hydroxyl groups is 1. The third-order valence-electron chi connectivity index (χ3n) is 2.58. The van der Waals surface area contributed by atoms with Gasteiger partial charge in [0, 0.05) is 6.61 Å². The highest BCUT2D eigenvalue weighted by Gasteiger charge is 2.01. The maximum atomic E-state index is 8.82. The normalized spacial score (nSPS) is 10.4. The van der Waals surface area contributed by atoms with Gasteiger partial charge < -0.3 is 9.84 Å². The summed E-state index contributed by atoms with van der Waals surface area (Å²) in [4.78, 5) is 0. The molecule has 0 bridgehead atoms. The largest absolute Gasteiger partial charge is 0.493 e. The maximum Gasteiger partial charge on any atom is 0.122 e. The Hall–Kier alpha value is -1.02. The standard InChI is InChI=1S/C14H22O2/c1-2-3-6-12-16-14-10-5-4-8-13(14)9-7-11-15/h4-5,8,10,15H,2-3,6-7,9,11-12H2,1H3. The fourth-order valence-corrected chi connectivity index (χ4v) is 1.65. The summed E-state index contributed by atoms with van der Waals surface area (Å²) in [6, 6.07) is 8.10. The van der Waals surface area contributed by atoms with Crippen molar-refractivity contribution < 1.29 is 9.84 Å². The van der Waals surface area contributed by atoms with Gasteiger partial charge in [-0.1, -0.05) is 38.0 Å². The molecule has 0 saturated carbocycles. The fraction of sp³-hybridized carbons (Fsp3) is 0.571. The summed E-state index contributed by atoms with van der Waals surface area (Å²) in [6.45, 7) is 3.23. The Morgan fingerprint density at radius 1 is 1.12 bits per heavy atom. The lowest BCUT2D eigenvalue weighted by Crippen LogP contribution is -2.00. The van der Waals surface area contributed by atoms with Crippen molar-refractivity contribution in [2.24, 2.45) is 0 Å². The Balaban J connectivity index is 2.43. The first kappa shape index (κ1) is 13.0. The molecule has 1 N–H and O–H groups in total. The van der Waals surface area contributed by atoms with Crippen LogP contribution in [0.15, 0.2) is 24.3 Å². The highest BCUT2D eigenvalue weighted by molar-refractivity contribution is 5.33. The molecule has 0 aliphatic heterocycles. The molecule has 2 nitrogen and oxygen atoms in total. The molecule has 1 aromatic rings. The van der Waals surface area contributed by atoms with E-state index in [1.54, 1.807) is 0 Å². The minimum atomic E-state index is 0.240.